The number of aromatic nitrogens is 2. The number of benzene rings is 1. The zero-order valence-electron chi connectivity index (χ0n) is 18.9. The van der Waals surface area contributed by atoms with E-state index in [1.165, 1.54) is 7.11 Å². The zero-order chi connectivity index (χ0) is 23.0. The van der Waals surface area contributed by atoms with Gasteiger partial charge in [-0.1, -0.05) is 11.6 Å². The Morgan fingerprint density at radius 1 is 1.19 bits per heavy atom. The second kappa shape index (κ2) is 8.86. The smallest absolute Gasteiger partial charge is 0.231 e. The molecule has 1 amide bonds. The van der Waals surface area contributed by atoms with Crippen LogP contribution in [0.4, 0.5) is 11.5 Å². The van der Waals surface area contributed by atoms with Gasteiger partial charge in [-0.25, -0.2) is 4.98 Å². The van der Waals surface area contributed by atoms with Crippen LogP contribution in [0.3, 0.4) is 0 Å². The van der Waals surface area contributed by atoms with Crippen LogP contribution >= 0.6 is 11.6 Å². The van der Waals surface area contributed by atoms with Crippen LogP contribution in [-0.4, -0.2) is 43.2 Å². The number of carbonyl (C=O) groups is 1. The van der Waals surface area contributed by atoms with Crippen molar-refractivity contribution in [3.63, 3.8) is 0 Å². The van der Waals surface area contributed by atoms with Gasteiger partial charge in [0.2, 0.25) is 11.6 Å². The monoisotopic (exact) mass is 458 g/mol. The lowest BCUT2D eigenvalue weighted by molar-refractivity contribution is -0.120. The van der Waals surface area contributed by atoms with E-state index in [1.54, 1.807) is 19.2 Å². The van der Waals surface area contributed by atoms with Crippen molar-refractivity contribution in [2.24, 2.45) is 5.92 Å². The molecule has 1 aliphatic rings. The highest BCUT2D eigenvalue weighted by Gasteiger charge is 2.29. The summed E-state index contributed by atoms with van der Waals surface area (Å²) in [6.45, 7) is 7.15. The minimum Gasteiger partial charge on any atom is -0.495 e. The van der Waals surface area contributed by atoms with E-state index in [-0.39, 0.29) is 11.8 Å². The molecule has 32 heavy (non-hydrogen) atoms. The van der Waals surface area contributed by atoms with Gasteiger partial charge < -0.3 is 24.1 Å². The molecule has 2 aromatic heterocycles. The molecule has 170 valence electrons. The van der Waals surface area contributed by atoms with Crippen LogP contribution in [0.5, 0.6) is 11.5 Å². The number of piperidine rings is 1. The highest BCUT2D eigenvalue weighted by Crippen LogP contribution is 2.37. The number of aryl methyl sites for hydroxylation is 3. The Morgan fingerprint density at radius 2 is 1.94 bits per heavy atom. The Balaban J connectivity index is 1.59. The molecule has 0 aliphatic carbocycles. The molecular weight excluding hydrogens is 432 g/mol. The zero-order valence-corrected chi connectivity index (χ0v) is 19.7. The number of anilines is 2. The van der Waals surface area contributed by atoms with Crippen LogP contribution in [0.25, 0.3) is 11.1 Å². The lowest BCUT2D eigenvalue weighted by atomic mass is 9.96. The van der Waals surface area contributed by atoms with Crippen LogP contribution in [0, 0.1) is 26.7 Å². The minimum absolute atomic E-state index is 0.0867. The van der Waals surface area contributed by atoms with Gasteiger partial charge in [-0.15, -0.1) is 0 Å². The molecule has 8 nitrogen and oxygen atoms in total. The molecule has 0 saturated carbocycles. The first-order valence-electron chi connectivity index (χ1n) is 10.5. The van der Waals surface area contributed by atoms with E-state index in [9.17, 15) is 4.79 Å². The maximum atomic E-state index is 13.2. The number of nitrogens with zero attached hydrogens (tertiary/aromatic N) is 3. The molecule has 0 spiro atoms. The lowest BCUT2D eigenvalue weighted by Crippen LogP contribution is -2.41. The van der Waals surface area contributed by atoms with Gasteiger partial charge in [-0.2, -0.15) is 4.98 Å². The molecule has 1 aliphatic heterocycles. The van der Waals surface area contributed by atoms with E-state index in [4.69, 9.17) is 30.5 Å². The summed E-state index contributed by atoms with van der Waals surface area (Å²) < 4.78 is 16.5. The minimum atomic E-state index is -0.215. The van der Waals surface area contributed by atoms with E-state index in [2.05, 4.69) is 15.2 Å². The van der Waals surface area contributed by atoms with Crippen molar-refractivity contribution < 1.29 is 18.7 Å². The molecule has 1 fully saturated rings. The fourth-order valence-electron chi connectivity index (χ4n) is 4.14. The number of hydrogen-bond donors (Lipinski definition) is 1. The molecular formula is C23H27ClN4O4. The number of methoxy groups -OCH3 is 2. The summed E-state index contributed by atoms with van der Waals surface area (Å²) in [5.74, 6) is 2.97. The van der Waals surface area contributed by atoms with Crippen molar-refractivity contribution in [3.8, 4) is 11.5 Å². The number of halogens is 1. The van der Waals surface area contributed by atoms with Crippen LogP contribution in [-0.2, 0) is 4.79 Å². The maximum absolute atomic E-state index is 13.2. The Bertz CT molecular complexity index is 1180. The van der Waals surface area contributed by atoms with E-state index >= 15 is 0 Å². The fraction of sp³-hybridized carbons (Fsp3) is 0.435. The van der Waals surface area contributed by atoms with Crippen LogP contribution < -0.4 is 19.7 Å². The van der Waals surface area contributed by atoms with Gasteiger partial charge in [0, 0.05) is 24.7 Å². The fourth-order valence-corrected chi connectivity index (χ4v) is 4.38. The molecule has 0 radical (unpaired) electrons. The number of amides is 1. The SMILES string of the molecule is COc1cc(OC)c(NC(=O)[C@@H]2CCCN(c3nc(C)nc4oc(C)c(C)c34)C2)cc1Cl. The van der Waals surface area contributed by atoms with Crippen molar-refractivity contribution >= 4 is 40.1 Å². The van der Waals surface area contributed by atoms with E-state index in [0.29, 0.717) is 40.3 Å². The first-order chi connectivity index (χ1) is 15.3. The van der Waals surface area contributed by atoms with Gasteiger partial charge in [0.05, 0.1) is 36.2 Å². The van der Waals surface area contributed by atoms with Crippen LogP contribution in [0.2, 0.25) is 5.02 Å². The van der Waals surface area contributed by atoms with Crippen molar-refractivity contribution in [2.75, 3.05) is 37.5 Å². The highest BCUT2D eigenvalue weighted by atomic mass is 35.5. The third-order valence-corrected chi connectivity index (χ3v) is 6.24. The predicted octanol–water partition coefficient (Wildman–Crippen LogP) is 4.67. The second-order valence-corrected chi connectivity index (χ2v) is 8.43. The molecule has 1 N–H and O–H groups in total. The molecule has 1 saturated heterocycles. The van der Waals surface area contributed by atoms with Crippen LogP contribution in [0.15, 0.2) is 16.5 Å². The van der Waals surface area contributed by atoms with E-state index in [0.717, 1.165) is 41.9 Å². The number of ether oxygens (including phenoxy) is 2. The summed E-state index contributed by atoms with van der Waals surface area (Å²) in [6, 6.07) is 3.31. The standard InChI is InChI=1S/C23H27ClN4O4/c1-12-13(2)32-23-20(12)21(25-14(3)26-23)28-8-6-7-15(11-28)22(29)27-17-9-16(24)18(30-4)10-19(17)31-5/h9-10,15H,6-8,11H2,1-5H3,(H,27,29)/t15-/m1/s1. The maximum Gasteiger partial charge on any atom is 0.231 e. The quantitative estimate of drug-likeness (QED) is 0.593. The first kappa shape index (κ1) is 22.2. The summed E-state index contributed by atoms with van der Waals surface area (Å²) >= 11 is 6.25. The summed E-state index contributed by atoms with van der Waals surface area (Å²) in [6.07, 6.45) is 1.66. The van der Waals surface area contributed by atoms with Crippen molar-refractivity contribution in [1.29, 1.82) is 0 Å². The molecule has 4 rings (SSSR count). The summed E-state index contributed by atoms with van der Waals surface area (Å²) in [7, 11) is 3.07. The Hall–Kier alpha value is -3.00. The molecule has 9 heteroatoms. The molecule has 3 heterocycles. The molecule has 1 aromatic carbocycles. The molecule has 0 unspecified atom stereocenters. The van der Waals surface area contributed by atoms with Crippen LogP contribution in [0.1, 0.15) is 30.0 Å². The largest absolute Gasteiger partial charge is 0.495 e. The number of carbonyl (C=O) groups excluding carboxylic acids is 1. The highest BCUT2D eigenvalue weighted by molar-refractivity contribution is 6.32. The first-order valence-corrected chi connectivity index (χ1v) is 10.9. The van der Waals surface area contributed by atoms with Crippen molar-refractivity contribution in [2.45, 2.75) is 33.6 Å². The normalized spacial score (nSPS) is 16.3. The molecule has 1 atom stereocenters. The second-order valence-electron chi connectivity index (χ2n) is 8.02. The average Bonchev–Trinajstić information content (AvgIpc) is 3.06. The summed E-state index contributed by atoms with van der Waals surface area (Å²) in [4.78, 5) is 24.5. The summed E-state index contributed by atoms with van der Waals surface area (Å²) in [5, 5.41) is 4.29. The number of nitrogens with one attached hydrogen (secondary N) is 1. The van der Waals surface area contributed by atoms with Crippen molar-refractivity contribution in [3.05, 3.63) is 34.3 Å². The number of rotatable bonds is 5. The average molecular weight is 459 g/mol. The van der Waals surface area contributed by atoms with Crippen molar-refractivity contribution in [1.82, 2.24) is 9.97 Å². The number of hydrogen-bond acceptors (Lipinski definition) is 7. The van der Waals surface area contributed by atoms with Gasteiger partial charge in [0.15, 0.2) is 0 Å². The van der Waals surface area contributed by atoms with Gasteiger partial charge >= 0.3 is 0 Å². The Kier molecular flexibility index (Phi) is 6.15. The number of fused-ring (bicyclic) bond motifs is 1. The Labute approximate surface area is 191 Å². The number of furan rings is 1. The summed E-state index contributed by atoms with van der Waals surface area (Å²) in [5.41, 5.74) is 2.13. The van der Waals surface area contributed by atoms with Gasteiger partial charge in [-0.3, -0.25) is 4.79 Å². The van der Waals surface area contributed by atoms with E-state index in [1.807, 2.05) is 20.8 Å². The third kappa shape index (κ3) is 4.07. The Morgan fingerprint density at radius 3 is 2.66 bits per heavy atom. The molecule has 0 bridgehead atoms. The molecule has 3 aromatic rings. The lowest BCUT2D eigenvalue weighted by Gasteiger charge is -2.33. The topological polar surface area (TPSA) is 89.7 Å². The van der Waals surface area contributed by atoms with Gasteiger partial charge in [0.25, 0.3) is 0 Å². The van der Waals surface area contributed by atoms with Gasteiger partial charge in [0.1, 0.15) is 28.9 Å². The van der Waals surface area contributed by atoms with Gasteiger partial charge in [-0.05, 0) is 39.7 Å². The third-order valence-electron chi connectivity index (χ3n) is 5.94. The van der Waals surface area contributed by atoms with E-state index < -0.39 is 0 Å². The predicted molar refractivity (Wildman–Crippen MR) is 124 cm³/mol.